The summed E-state index contributed by atoms with van der Waals surface area (Å²) in [4.78, 5) is 4.33. The second-order valence-corrected chi connectivity index (χ2v) is 4.86. The molecule has 0 aliphatic heterocycles. The lowest BCUT2D eigenvalue weighted by molar-refractivity contribution is 0.348. The van der Waals surface area contributed by atoms with Crippen LogP contribution in [-0.2, 0) is 5.54 Å². The molecule has 18 heavy (non-hydrogen) atoms. The second kappa shape index (κ2) is 3.96. The van der Waals surface area contributed by atoms with E-state index in [2.05, 4.69) is 10.1 Å². The van der Waals surface area contributed by atoms with Crippen molar-refractivity contribution in [1.29, 1.82) is 0 Å². The summed E-state index contributed by atoms with van der Waals surface area (Å²) in [6.45, 7) is 0. The van der Waals surface area contributed by atoms with Crippen LogP contribution in [0.4, 0.5) is 0 Å². The monoisotopic (exact) mass is 265 g/mol. The topological polar surface area (TPSA) is 74.2 Å². The Bertz CT molecular complexity index is 593. The fraction of sp³-hybridized carbons (Fsp3) is 0.333. The van der Waals surface area contributed by atoms with Crippen LogP contribution in [0.15, 0.2) is 22.7 Å². The van der Waals surface area contributed by atoms with Gasteiger partial charge in [-0.1, -0.05) is 16.8 Å². The van der Waals surface area contributed by atoms with Crippen molar-refractivity contribution in [3.63, 3.8) is 0 Å². The lowest BCUT2D eigenvalue weighted by Crippen LogP contribution is -2.18. The molecule has 2 aromatic rings. The lowest BCUT2D eigenvalue weighted by atomic mass is 10.2. The SMILES string of the molecule is COc1cc(Cl)ccc1-c1noc(C2(N)CC2)n1. The molecule has 94 valence electrons. The third-order valence-corrected chi connectivity index (χ3v) is 3.28. The van der Waals surface area contributed by atoms with Gasteiger partial charge in [0.15, 0.2) is 0 Å². The van der Waals surface area contributed by atoms with Gasteiger partial charge in [0.1, 0.15) is 5.75 Å². The van der Waals surface area contributed by atoms with Gasteiger partial charge in [-0.25, -0.2) is 0 Å². The van der Waals surface area contributed by atoms with E-state index in [0.29, 0.717) is 22.5 Å². The second-order valence-electron chi connectivity index (χ2n) is 4.42. The fourth-order valence-electron chi connectivity index (χ4n) is 1.73. The molecule has 0 atom stereocenters. The third-order valence-electron chi connectivity index (χ3n) is 3.05. The lowest BCUT2D eigenvalue weighted by Gasteiger charge is -2.04. The summed E-state index contributed by atoms with van der Waals surface area (Å²) in [7, 11) is 1.57. The van der Waals surface area contributed by atoms with Crippen molar-refractivity contribution in [2.75, 3.05) is 7.11 Å². The third kappa shape index (κ3) is 1.85. The summed E-state index contributed by atoms with van der Waals surface area (Å²) in [5.74, 6) is 1.56. The molecule has 5 nitrogen and oxygen atoms in total. The zero-order valence-electron chi connectivity index (χ0n) is 9.81. The van der Waals surface area contributed by atoms with Gasteiger partial charge in [0.2, 0.25) is 11.7 Å². The normalized spacial score (nSPS) is 16.6. The van der Waals surface area contributed by atoms with Crippen molar-refractivity contribution in [2.24, 2.45) is 5.73 Å². The van der Waals surface area contributed by atoms with Crippen LogP contribution < -0.4 is 10.5 Å². The number of methoxy groups -OCH3 is 1. The first-order valence-corrected chi connectivity index (χ1v) is 5.97. The van der Waals surface area contributed by atoms with E-state index in [1.54, 1.807) is 25.3 Å². The fourth-order valence-corrected chi connectivity index (χ4v) is 1.90. The minimum absolute atomic E-state index is 0.426. The Balaban J connectivity index is 2.01. The van der Waals surface area contributed by atoms with E-state index >= 15 is 0 Å². The number of halogens is 1. The summed E-state index contributed by atoms with van der Waals surface area (Å²) < 4.78 is 10.5. The van der Waals surface area contributed by atoms with Crippen LogP contribution in [0, 0.1) is 0 Å². The highest BCUT2D eigenvalue weighted by Crippen LogP contribution is 2.42. The molecule has 6 heteroatoms. The molecule has 1 aliphatic carbocycles. The Morgan fingerprint density at radius 1 is 1.44 bits per heavy atom. The van der Waals surface area contributed by atoms with Gasteiger partial charge >= 0.3 is 0 Å². The molecule has 0 unspecified atom stereocenters. The zero-order valence-corrected chi connectivity index (χ0v) is 10.6. The molecule has 1 aromatic heterocycles. The van der Waals surface area contributed by atoms with Crippen molar-refractivity contribution in [1.82, 2.24) is 10.1 Å². The van der Waals surface area contributed by atoms with Crippen molar-refractivity contribution in [3.05, 3.63) is 29.1 Å². The minimum Gasteiger partial charge on any atom is -0.496 e. The number of nitrogens with two attached hydrogens (primary N) is 1. The van der Waals surface area contributed by atoms with E-state index in [1.165, 1.54) is 0 Å². The van der Waals surface area contributed by atoms with E-state index in [0.717, 1.165) is 18.4 Å². The van der Waals surface area contributed by atoms with Crippen LogP contribution in [0.25, 0.3) is 11.4 Å². The predicted molar refractivity (Wildman–Crippen MR) is 66.4 cm³/mol. The highest BCUT2D eigenvalue weighted by atomic mass is 35.5. The van der Waals surface area contributed by atoms with Crippen molar-refractivity contribution in [3.8, 4) is 17.1 Å². The van der Waals surface area contributed by atoms with E-state index in [1.807, 2.05) is 0 Å². The number of ether oxygens (including phenoxy) is 1. The maximum Gasteiger partial charge on any atom is 0.247 e. The van der Waals surface area contributed by atoms with Crippen LogP contribution >= 0.6 is 11.6 Å². The largest absolute Gasteiger partial charge is 0.496 e. The summed E-state index contributed by atoms with van der Waals surface area (Å²) in [5.41, 5.74) is 6.32. The van der Waals surface area contributed by atoms with Gasteiger partial charge in [-0.3, -0.25) is 0 Å². The average molecular weight is 266 g/mol. The molecule has 0 spiro atoms. The maximum atomic E-state index is 6.01. The van der Waals surface area contributed by atoms with Gasteiger partial charge in [0, 0.05) is 5.02 Å². The number of hydrogen-bond donors (Lipinski definition) is 1. The van der Waals surface area contributed by atoms with Gasteiger partial charge in [0.05, 0.1) is 18.2 Å². The molecule has 2 N–H and O–H groups in total. The number of nitrogens with zero attached hydrogens (tertiary/aromatic N) is 2. The Hall–Kier alpha value is -1.59. The molecule has 1 fully saturated rings. The van der Waals surface area contributed by atoms with Crippen molar-refractivity contribution < 1.29 is 9.26 Å². The van der Waals surface area contributed by atoms with Gasteiger partial charge in [0.25, 0.3) is 0 Å². The Kier molecular flexibility index (Phi) is 2.53. The Morgan fingerprint density at radius 2 is 2.22 bits per heavy atom. The predicted octanol–water partition coefficient (Wildman–Crippen LogP) is 2.35. The van der Waals surface area contributed by atoms with Gasteiger partial charge < -0.3 is 15.0 Å². The van der Waals surface area contributed by atoms with Gasteiger partial charge in [-0.05, 0) is 31.0 Å². The summed E-state index contributed by atoms with van der Waals surface area (Å²) in [5, 5.41) is 4.54. The summed E-state index contributed by atoms with van der Waals surface area (Å²) >= 11 is 5.91. The molecule has 1 aromatic carbocycles. The van der Waals surface area contributed by atoms with Crippen molar-refractivity contribution >= 4 is 11.6 Å². The van der Waals surface area contributed by atoms with Crippen LogP contribution in [-0.4, -0.2) is 17.3 Å². The number of benzene rings is 1. The molecule has 3 rings (SSSR count). The average Bonchev–Trinajstić information content (AvgIpc) is 2.93. The first-order chi connectivity index (χ1) is 8.62. The minimum atomic E-state index is -0.426. The van der Waals surface area contributed by atoms with Crippen LogP contribution in [0.5, 0.6) is 5.75 Å². The van der Waals surface area contributed by atoms with E-state index in [-0.39, 0.29) is 0 Å². The van der Waals surface area contributed by atoms with Gasteiger partial charge in [-0.15, -0.1) is 0 Å². The maximum absolute atomic E-state index is 6.01. The van der Waals surface area contributed by atoms with E-state index < -0.39 is 5.54 Å². The van der Waals surface area contributed by atoms with Crippen LogP contribution in [0.1, 0.15) is 18.7 Å². The Labute approximate surface area is 109 Å². The number of rotatable bonds is 3. The quantitative estimate of drug-likeness (QED) is 0.922. The molecule has 0 amide bonds. The Morgan fingerprint density at radius 3 is 2.89 bits per heavy atom. The van der Waals surface area contributed by atoms with E-state index in [9.17, 15) is 0 Å². The molecule has 0 saturated heterocycles. The molecule has 0 bridgehead atoms. The summed E-state index contributed by atoms with van der Waals surface area (Å²) in [6, 6.07) is 5.26. The van der Waals surface area contributed by atoms with Crippen LogP contribution in [0.2, 0.25) is 5.02 Å². The smallest absolute Gasteiger partial charge is 0.247 e. The van der Waals surface area contributed by atoms with Gasteiger partial charge in [-0.2, -0.15) is 4.98 Å². The van der Waals surface area contributed by atoms with Crippen molar-refractivity contribution in [2.45, 2.75) is 18.4 Å². The van der Waals surface area contributed by atoms with Crippen LogP contribution in [0.3, 0.4) is 0 Å². The standard InChI is InChI=1S/C12H12ClN3O2/c1-17-9-6-7(13)2-3-8(9)10-15-11(18-16-10)12(14)4-5-12/h2-3,6H,4-5,14H2,1H3. The highest BCUT2D eigenvalue weighted by Gasteiger charge is 2.45. The molecule has 1 heterocycles. The van der Waals surface area contributed by atoms with E-state index in [4.69, 9.17) is 26.6 Å². The molecule has 1 aliphatic rings. The molecular weight excluding hydrogens is 254 g/mol. The molecule has 1 saturated carbocycles. The number of hydrogen-bond acceptors (Lipinski definition) is 5. The zero-order chi connectivity index (χ0) is 12.8. The number of aromatic nitrogens is 2. The molecular formula is C12H12ClN3O2. The molecule has 0 radical (unpaired) electrons. The first-order valence-electron chi connectivity index (χ1n) is 5.59. The highest BCUT2D eigenvalue weighted by molar-refractivity contribution is 6.30. The first kappa shape index (κ1) is 11.5. The summed E-state index contributed by atoms with van der Waals surface area (Å²) in [6.07, 6.45) is 1.76.